The Labute approximate surface area is 151 Å². The van der Waals surface area contributed by atoms with E-state index in [0.29, 0.717) is 0 Å². The Hall–Kier alpha value is -2.64. The molecule has 3 aromatic rings. The second-order valence-corrected chi connectivity index (χ2v) is 11.4. The Bertz CT molecular complexity index is 892. The van der Waals surface area contributed by atoms with E-state index in [1.807, 2.05) is 0 Å². The van der Waals surface area contributed by atoms with E-state index in [1.54, 1.807) is 10.4 Å². The normalized spacial score (nSPS) is 15.3. The van der Waals surface area contributed by atoms with Crippen LogP contribution in [-0.2, 0) is 0 Å². The van der Waals surface area contributed by atoms with Gasteiger partial charge in [-0.05, 0) is 32.7 Å². The number of rotatable bonds is 3. The van der Waals surface area contributed by atoms with Gasteiger partial charge in [0.1, 0.15) is 8.07 Å². The molecule has 0 saturated carbocycles. The summed E-state index contributed by atoms with van der Waals surface area (Å²) in [5.74, 6) is 0. The van der Waals surface area contributed by atoms with E-state index >= 15 is 0 Å². The standard InChI is InChI=1S/C24H22Si/c1-25(2)22(19-12-6-3-7-13-19)18-23(25)24(20-14-8-4-9-15-20)21-16-10-5-11-17-21/h3-18H,1-2H3. The van der Waals surface area contributed by atoms with Crippen LogP contribution in [0.1, 0.15) is 16.7 Å². The third kappa shape index (κ3) is 2.81. The molecule has 0 aliphatic carbocycles. The fourth-order valence-corrected chi connectivity index (χ4v) is 6.58. The number of allylic oxidation sites excluding steroid dienone is 2. The Morgan fingerprint density at radius 3 is 1.48 bits per heavy atom. The van der Waals surface area contributed by atoms with Gasteiger partial charge >= 0.3 is 0 Å². The van der Waals surface area contributed by atoms with Crippen LogP contribution in [0.3, 0.4) is 0 Å². The van der Waals surface area contributed by atoms with Gasteiger partial charge in [-0.2, -0.15) is 0 Å². The largest absolute Gasteiger partial charge is 0.113 e. The first-order chi connectivity index (χ1) is 12.2. The van der Waals surface area contributed by atoms with Crippen LogP contribution in [0.15, 0.2) is 102 Å². The van der Waals surface area contributed by atoms with Gasteiger partial charge in [0.05, 0.1) is 0 Å². The highest BCUT2D eigenvalue weighted by molar-refractivity contribution is 7.05. The number of hydrogen-bond donors (Lipinski definition) is 0. The van der Waals surface area contributed by atoms with Crippen molar-refractivity contribution < 1.29 is 0 Å². The summed E-state index contributed by atoms with van der Waals surface area (Å²) >= 11 is 0. The van der Waals surface area contributed by atoms with Crippen molar-refractivity contribution in [2.45, 2.75) is 13.1 Å². The monoisotopic (exact) mass is 338 g/mol. The van der Waals surface area contributed by atoms with Gasteiger partial charge in [-0.25, -0.2) is 0 Å². The van der Waals surface area contributed by atoms with E-state index in [9.17, 15) is 0 Å². The van der Waals surface area contributed by atoms with E-state index in [2.05, 4.69) is 110 Å². The molecule has 25 heavy (non-hydrogen) atoms. The summed E-state index contributed by atoms with van der Waals surface area (Å²) in [4.78, 5) is 0. The van der Waals surface area contributed by atoms with E-state index < -0.39 is 8.07 Å². The van der Waals surface area contributed by atoms with Crippen LogP contribution in [0.5, 0.6) is 0 Å². The van der Waals surface area contributed by atoms with Crippen molar-refractivity contribution in [3.63, 3.8) is 0 Å². The van der Waals surface area contributed by atoms with Crippen LogP contribution in [0.2, 0.25) is 13.1 Å². The lowest BCUT2D eigenvalue weighted by Gasteiger charge is -2.39. The molecule has 0 radical (unpaired) electrons. The van der Waals surface area contributed by atoms with Crippen LogP contribution >= 0.6 is 0 Å². The summed E-state index contributed by atoms with van der Waals surface area (Å²) in [5.41, 5.74) is 5.40. The highest BCUT2D eigenvalue weighted by Crippen LogP contribution is 2.46. The Morgan fingerprint density at radius 2 is 1.04 bits per heavy atom. The lowest BCUT2D eigenvalue weighted by Crippen LogP contribution is -2.39. The predicted molar refractivity (Wildman–Crippen MR) is 111 cm³/mol. The highest BCUT2D eigenvalue weighted by Gasteiger charge is 2.40. The average molecular weight is 339 g/mol. The molecule has 0 N–H and O–H groups in total. The van der Waals surface area contributed by atoms with Gasteiger partial charge < -0.3 is 0 Å². The molecular weight excluding hydrogens is 316 g/mol. The van der Waals surface area contributed by atoms with Crippen LogP contribution in [0.4, 0.5) is 0 Å². The van der Waals surface area contributed by atoms with Crippen LogP contribution in [-0.4, -0.2) is 8.07 Å². The van der Waals surface area contributed by atoms with E-state index in [1.165, 1.54) is 22.3 Å². The smallest absolute Gasteiger partial charge is 0.0622 e. The van der Waals surface area contributed by atoms with Gasteiger partial charge in [-0.3, -0.25) is 0 Å². The molecule has 0 aromatic heterocycles. The zero-order chi connectivity index (χ0) is 17.3. The first kappa shape index (κ1) is 15.9. The third-order valence-electron chi connectivity index (χ3n) is 5.11. The summed E-state index contributed by atoms with van der Waals surface area (Å²) < 4.78 is 0. The second-order valence-electron chi connectivity index (χ2n) is 7.07. The molecule has 0 saturated heterocycles. The summed E-state index contributed by atoms with van der Waals surface area (Å²) in [6.45, 7) is 4.94. The van der Waals surface area contributed by atoms with Gasteiger partial charge in [0.15, 0.2) is 0 Å². The quantitative estimate of drug-likeness (QED) is 0.487. The molecular formula is C24H22Si. The molecule has 0 atom stereocenters. The minimum atomic E-state index is -1.64. The van der Waals surface area contributed by atoms with Crippen molar-refractivity contribution in [2.24, 2.45) is 0 Å². The molecule has 1 heterocycles. The molecule has 0 bridgehead atoms. The van der Waals surface area contributed by atoms with Crippen molar-refractivity contribution in [1.82, 2.24) is 0 Å². The zero-order valence-corrected chi connectivity index (χ0v) is 15.7. The van der Waals surface area contributed by atoms with Gasteiger partial charge in [0.2, 0.25) is 0 Å². The highest BCUT2D eigenvalue weighted by atomic mass is 28.3. The summed E-state index contributed by atoms with van der Waals surface area (Å²) in [6.07, 6.45) is 2.43. The summed E-state index contributed by atoms with van der Waals surface area (Å²) in [5, 5.41) is 3.09. The summed E-state index contributed by atoms with van der Waals surface area (Å²) in [7, 11) is -1.64. The zero-order valence-electron chi connectivity index (χ0n) is 14.7. The predicted octanol–water partition coefficient (Wildman–Crippen LogP) is 6.37. The lowest BCUT2D eigenvalue weighted by atomic mass is 9.96. The molecule has 0 amide bonds. The first-order valence-electron chi connectivity index (χ1n) is 8.81. The maximum absolute atomic E-state index is 2.47. The maximum Gasteiger partial charge on any atom is 0.113 e. The molecule has 122 valence electrons. The molecule has 0 fully saturated rings. The topological polar surface area (TPSA) is 0 Å². The van der Waals surface area contributed by atoms with E-state index in [0.717, 1.165) is 0 Å². The van der Waals surface area contributed by atoms with Crippen LogP contribution in [0, 0.1) is 0 Å². The van der Waals surface area contributed by atoms with Crippen molar-refractivity contribution in [1.29, 1.82) is 0 Å². The summed E-state index contributed by atoms with van der Waals surface area (Å²) in [6, 6.07) is 32.5. The minimum absolute atomic E-state index is 1.31. The molecule has 3 aromatic carbocycles. The lowest BCUT2D eigenvalue weighted by molar-refractivity contribution is 1.49. The van der Waals surface area contributed by atoms with Crippen molar-refractivity contribution >= 4 is 18.8 Å². The third-order valence-corrected chi connectivity index (χ3v) is 8.64. The second kappa shape index (κ2) is 6.34. The van der Waals surface area contributed by atoms with E-state index in [-0.39, 0.29) is 0 Å². The molecule has 0 unspecified atom stereocenters. The maximum atomic E-state index is 2.47. The number of hydrogen-bond acceptors (Lipinski definition) is 0. The van der Waals surface area contributed by atoms with E-state index in [4.69, 9.17) is 0 Å². The Morgan fingerprint density at radius 1 is 0.600 bits per heavy atom. The average Bonchev–Trinajstić information content (AvgIpc) is 2.67. The molecule has 4 rings (SSSR count). The fourth-order valence-electron chi connectivity index (χ4n) is 3.71. The molecule has 0 nitrogen and oxygen atoms in total. The fraction of sp³-hybridized carbons (Fsp3) is 0.0833. The van der Waals surface area contributed by atoms with Gasteiger partial charge in [-0.1, -0.05) is 110 Å². The van der Waals surface area contributed by atoms with Gasteiger partial charge in [0.25, 0.3) is 0 Å². The molecule has 1 heteroatoms. The van der Waals surface area contributed by atoms with Crippen molar-refractivity contribution in [3.05, 3.63) is 119 Å². The van der Waals surface area contributed by atoms with Crippen molar-refractivity contribution in [2.75, 3.05) is 0 Å². The SMILES string of the molecule is C[Si]1(C)C(c2ccccc2)=CC1=C(c1ccccc1)c1ccccc1. The molecule has 1 aliphatic rings. The van der Waals surface area contributed by atoms with Crippen LogP contribution in [0.25, 0.3) is 10.8 Å². The molecule has 1 aliphatic heterocycles. The Kier molecular flexibility index (Phi) is 4.02. The minimum Gasteiger partial charge on any atom is -0.0622 e. The van der Waals surface area contributed by atoms with Crippen LogP contribution < -0.4 is 0 Å². The van der Waals surface area contributed by atoms with Crippen molar-refractivity contribution in [3.8, 4) is 0 Å². The molecule has 0 spiro atoms. The first-order valence-corrected chi connectivity index (χ1v) is 11.8. The number of benzene rings is 3. The Balaban J connectivity index is 1.92. The van der Waals surface area contributed by atoms with Gasteiger partial charge in [-0.15, -0.1) is 0 Å². The van der Waals surface area contributed by atoms with Gasteiger partial charge in [0, 0.05) is 0 Å².